The summed E-state index contributed by atoms with van der Waals surface area (Å²) < 4.78 is 28.4. The lowest BCUT2D eigenvalue weighted by Crippen LogP contribution is -2.38. The Morgan fingerprint density at radius 2 is 1.75 bits per heavy atom. The SMILES string of the molecule is Cc1cc(Nc2c(C(=O)N3CCC(c4ccc(F)cc4)CC3)cnc3c(C(=O)O)cnn23)ccc1F. The minimum atomic E-state index is -1.19. The zero-order valence-corrected chi connectivity index (χ0v) is 19.4. The molecule has 1 aliphatic heterocycles. The molecule has 0 saturated carbocycles. The van der Waals surface area contributed by atoms with Crippen LogP contribution in [0.5, 0.6) is 0 Å². The van der Waals surface area contributed by atoms with E-state index in [-0.39, 0.29) is 46.1 Å². The Bertz CT molecular complexity index is 1460. The number of carboxylic acid groups (broad SMARTS) is 1. The molecule has 0 spiro atoms. The smallest absolute Gasteiger partial charge is 0.341 e. The zero-order valence-electron chi connectivity index (χ0n) is 19.4. The molecule has 2 aromatic carbocycles. The van der Waals surface area contributed by atoms with E-state index in [0.29, 0.717) is 24.3 Å². The number of fused-ring (bicyclic) bond motifs is 1. The van der Waals surface area contributed by atoms with E-state index in [1.807, 2.05) is 0 Å². The quantitative estimate of drug-likeness (QED) is 0.417. The predicted octanol–water partition coefficient (Wildman–Crippen LogP) is 4.78. The van der Waals surface area contributed by atoms with Crippen LogP contribution >= 0.6 is 0 Å². The van der Waals surface area contributed by atoms with Crippen molar-refractivity contribution < 1.29 is 23.5 Å². The topological polar surface area (TPSA) is 99.8 Å². The molecule has 1 fully saturated rings. The van der Waals surface area contributed by atoms with Crippen LogP contribution in [0, 0.1) is 18.6 Å². The van der Waals surface area contributed by atoms with Crippen molar-refractivity contribution >= 4 is 29.0 Å². The summed E-state index contributed by atoms with van der Waals surface area (Å²) in [5.74, 6) is -1.66. The van der Waals surface area contributed by atoms with Crippen LogP contribution in [-0.2, 0) is 0 Å². The number of piperidine rings is 1. The van der Waals surface area contributed by atoms with Crippen LogP contribution in [0.4, 0.5) is 20.3 Å². The van der Waals surface area contributed by atoms with Gasteiger partial charge in [0.15, 0.2) is 5.65 Å². The normalized spacial score (nSPS) is 14.2. The number of aromatic carboxylic acids is 1. The molecule has 0 unspecified atom stereocenters. The van der Waals surface area contributed by atoms with E-state index in [9.17, 15) is 23.5 Å². The number of carbonyl (C=O) groups is 2. The summed E-state index contributed by atoms with van der Waals surface area (Å²) >= 11 is 0. The van der Waals surface area contributed by atoms with Crippen LogP contribution in [0.3, 0.4) is 0 Å². The molecule has 0 bridgehead atoms. The van der Waals surface area contributed by atoms with E-state index in [1.165, 1.54) is 41.2 Å². The average molecular weight is 491 g/mol. The lowest BCUT2D eigenvalue weighted by atomic mass is 9.89. The maximum atomic E-state index is 13.8. The number of amides is 1. The Labute approximate surface area is 205 Å². The molecule has 1 saturated heterocycles. The van der Waals surface area contributed by atoms with Crippen LogP contribution in [-0.4, -0.2) is 49.6 Å². The molecule has 0 radical (unpaired) electrons. The zero-order chi connectivity index (χ0) is 25.4. The number of nitrogens with one attached hydrogen (secondary N) is 1. The highest BCUT2D eigenvalue weighted by molar-refractivity contribution is 6.01. The summed E-state index contributed by atoms with van der Waals surface area (Å²) in [6, 6.07) is 10.9. The molecule has 10 heteroatoms. The third kappa shape index (κ3) is 4.37. The molecule has 1 amide bonds. The van der Waals surface area contributed by atoms with Gasteiger partial charge in [-0.25, -0.2) is 18.6 Å². The highest BCUT2D eigenvalue weighted by Crippen LogP contribution is 2.31. The fraction of sp³-hybridized carbons (Fsp3) is 0.231. The Kier molecular flexibility index (Phi) is 6.09. The highest BCUT2D eigenvalue weighted by atomic mass is 19.1. The Hall–Kier alpha value is -4.34. The largest absolute Gasteiger partial charge is 0.477 e. The number of halogens is 2. The predicted molar refractivity (Wildman–Crippen MR) is 129 cm³/mol. The van der Waals surface area contributed by atoms with Crippen LogP contribution in [0.1, 0.15) is 50.6 Å². The van der Waals surface area contributed by atoms with Crippen molar-refractivity contribution in [1.82, 2.24) is 19.5 Å². The van der Waals surface area contributed by atoms with Gasteiger partial charge in [-0.05, 0) is 67.1 Å². The van der Waals surface area contributed by atoms with Gasteiger partial charge in [-0.1, -0.05) is 12.1 Å². The molecule has 2 N–H and O–H groups in total. The first-order valence-corrected chi connectivity index (χ1v) is 11.5. The van der Waals surface area contributed by atoms with Crippen molar-refractivity contribution in [2.45, 2.75) is 25.7 Å². The minimum absolute atomic E-state index is 0.0791. The van der Waals surface area contributed by atoms with Gasteiger partial charge in [0, 0.05) is 25.0 Å². The van der Waals surface area contributed by atoms with E-state index >= 15 is 0 Å². The highest BCUT2D eigenvalue weighted by Gasteiger charge is 2.28. The van der Waals surface area contributed by atoms with Crippen LogP contribution in [0.25, 0.3) is 5.65 Å². The average Bonchev–Trinajstić information content (AvgIpc) is 3.32. The van der Waals surface area contributed by atoms with Gasteiger partial charge in [0.1, 0.15) is 28.6 Å². The number of benzene rings is 2. The van der Waals surface area contributed by atoms with Gasteiger partial charge in [-0.2, -0.15) is 9.61 Å². The molecule has 5 rings (SSSR count). The first kappa shape index (κ1) is 23.4. The maximum absolute atomic E-state index is 13.8. The number of likely N-dealkylation sites (tertiary alicyclic amines) is 1. The first-order chi connectivity index (χ1) is 17.3. The fourth-order valence-electron chi connectivity index (χ4n) is 4.54. The van der Waals surface area contributed by atoms with E-state index in [4.69, 9.17) is 0 Å². The number of aryl methyl sites for hydroxylation is 1. The maximum Gasteiger partial charge on any atom is 0.341 e. The van der Waals surface area contributed by atoms with Crippen molar-refractivity contribution in [1.29, 1.82) is 0 Å². The lowest BCUT2D eigenvalue weighted by Gasteiger charge is -2.32. The monoisotopic (exact) mass is 491 g/mol. The van der Waals surface area contributed by atoms with Crippen LogP contribution < -0.4 is 5.32 Å². The van der Waals surface area contributed by atoms with Gasteiger partial charge < -0.3 is 15.3 Å². The van der Waals surface area contributed by atoms with Crippen molar-refractivity contribution in [3.63, 3.8) is 0 Å². The molecular weight excluding hydrogens is 468 g/mol. The summed E-state index contributed by atoms with van der Waals surface area (Å²) in [5.41, 5.74) is 2.15. The summed E-state index contributed by atoms with van der Waals surface area (Å²) in [6.07, 6.45) is 3.96. The van der Waals surface area contributed by atoms with E-state index in [0.717, 1.165) is 18.4 Å². The molecule has 1 aliphatic rings. The van der Waals surface area contributed by atoms with Gasteiger partial charge >= 0.3 is 5.97 Å². The summed E-state index contributed by atoms with van der Waals surface area (Å²) in [4.78, 5) is 31.1. The van der Waals surface area contributed by atoms with Gasteiger partial charge in [-0.15, -0.1) is 0 Å². The summed E-state index contributed by atoms with van der Waals surface area (Å²) in [5, 5.41) is 16.8. The summed E-state index contributed by atoms with van der Waals surface area (Å²) in [7, 11) is 0. The number of hydrogen-bond donors (Lipinski definition) is 2. The second-order valence-electron chi connectivity index (χ2n) is 8.83. The molecule has 3 heterocycles. The van der Waals surface area contributed by atoms with E-state index < -0.39 is 5.97 Å². The number of anilines is 2. The standard InChI is InChI=1S/C26H23F2N5O3/c1-15-12-19(6-7-22(15)28)31-24-20(13-29-23-21(26(35)36)14-30-33(23)24)25(34)32-10-8-17(9-11-32)16-2-4-18(27)5-3-16/h2-7,12-14,17,31H,8-11H2,1H3,(H,35,36). The summed E-state index contributed by atoms with van der Waals surface area (Å²) in [6.45, 7) is 2.61. The molecule has 4 aromatic rings. The number of hydrogen-bond acceptors (Lipinski definition) is 5. The van der Waals surface area contributed by atoms with E-state index in [1.54, 1.807) is 30.0 Å². The van der Waals surface area contributed by atoms with Crippen molar-refractivity contribution in [2.24, 2.45) is 0 Å². The van der Waals surface area contributed by atoms with Gasteiger partial charge in [-0.3, -0.25) is 4.79 Å². The van der Waals surface area contributed by atoms with Crippen molar-refractivity contribution in [2.75, 3.05) is 18.4 Å². The molecule has 0 aliphatic carbocycles. The Morgan fingerprint density at radius 1 is 1.03 bits per heavy atom. The molecule has 36 heavy (non-hydrogen) atoms. The number of carboxylic acids is 1. The fourth-order valence-corrected chi connectivity index (χ4v) is 4.54. The van der Waals surface area contributed by atoms with E-state index in [2.05, 4.69) is 15.4 Å². The third-order valence-electron chi connectivity index (χ3n) is 6.53. The second kappa shape index (κ2) is 9.37. The van der Waals surface area contributed by atoms with Crippen LogP contribution in [0.2, 0.25) is 0 Å². The third-order valence-corrected chi connectivity index (χ3v) is 6.53. The van der Waals surface area contributed by atoms with Gasteiger partial charge in [0.2, 0.25) is 0 Å². The van der Waals surface area contributed by atoms with Gasteiger partial charge in [0.05, 0.1) is 6.20 Å². The lowest BCUT2D eigenvalue weighted by molar-refractivity contribution is 0.0695. The van der Waals surface area contributed by atoms with Gasteiger partial charge in [0.25, 0.3) is 5.91 Å². The van der Waals surface area contributed by atoms with Crippen molar-refractivity contribution in [3.8, 4) is 0 Å². The minimum Gasteiger partial charge on any atom is -0.477 e. The Morgan fingerprint density at radius 3 is 2.42 bits per heavy atom. The first-order valence-electron chi connectivity index (χ1n) is 11.5. The molecular formula is C26H23F2N5O3. The molecule has 184 valence electrons. The molecule has 2 aromatic heterocycles. The van der Waals surface area contributed by atoms with Crippen LogP contribution in [0.15, 0.2) is 54.9 Å². The Balaban J connectivity index is 1.46. The number of aromatic nitrogens is 3. The number of rotatable bonds is 5. The number of carbonyl (C=O) groups excluding carboxylic acids is 1. The number of nitrogens with zero attached hydrogens (tertiary/aromatic N) is 4. The second-order valence-corrected chi connectivity index (χ2v) is 8.83. The molecule has 8 nitrogen and oxygen atoms in total. The van der Waals surface area contributed by atoms with Crippen molar-refractivity contribution in [3.05, 3.63) is 88.7 Å². The molecule has 0 atom stereocenters.